The van der Waals surface area contributed by atoms with Crippen LogP contribution in [-0.4, -0.2) is 41.1 Å². The van der Waals surface area contributed by atoms with Crippen LogP contribution in [0.3, 0.4) is 0 Å². The van der Waals surface area contributed by atoms with Crippen molar-refractivity contribution >= 4 is 46.6 Å². The number of hydrogen-bond donors (Lipinski definition) is 1. The van der Waals surface area contributed by atoms with Crippen molar-refractivity contribution in [1.29, 1.82) is 0 Å². The van der Waals surface area contributed by atoms with Crippen molar-refractivity contribution in [2.45, 2.75) is 105 Å². The zero-order chi connectivity index (χ0) is 25.6. The van der Waals surface area contributed by atoms with E-state index in [4.69, 9.17) is 0 Å². The van der Waals surface area contributed by atoms with Gasteiger partial charge in [0.05, 0.1) is 0 Å². The van der Waals surface area contributed by atoms with Crippen LogP contribution in [0, 0.1) is 0 Å². The summed E-state index contributed by atoms with van der Waals surface area (Å²) >= 11 is 0.332. The van der Waals surface area contributed by atoms with Crippen molar-refractivity contribution in [2.75, 3.05) is 41.3 Å². The predicted molar refractivity (Wildman–Crippen MR) is 164 cm³/mol. The molecule has 4 heteroatoms. The zero-order valence-electron chi connectivity index (χ0n) is 23.6. The molecule has 2 aromatic carbocycles. The Morgan fingerprint density at radius 3 is 1.22 bits per heavy atom. The van der Waals surface area contributed by atoms with Crippen molar-refractivity contribution in [3.05, 3.63) is 36.4 Å². The van der Waals surface area contributed by atoms with E-state index in [-0.39, 0.29) is 0 Å². The van der Waals surface area contributed by atoms with E-state index in [9.17, 15) is 0 Å². The van der Waals surface area contributed by atoms with Gasteiger partial charge in [-0.2, -0.15) is 0 Å². The second-order valence-corrected chi connectivity index (χ2v) is 12.7. The molecule has 0 bridgehead atoms. The summed E-state index contributed by atoms with van der Waals surface area (Å²) in [7, 11) is 0. The third kappa shape index (κ3) is 8.73. The maximum absolute atomic E-state index is 3.76. The summed E-state index contributed by atoms with van der Waals surface area (Å²) in [4.78, 5) is 5.30. The summed E-state index contributed by atoms with van der Waals surface area (Å²) in [6, 6.07) is 14.4. The maximum atomic E-state index is 3.76. The Bertz CT molecular complexity index is 805. The first-order valence-corrected chi connectivity index (χ1v) is 16.6. The molecule has 0 saturated heterocycles. The number of nitrogens with one attached hydrogen (secondary N) is 1. The molecule has 199 valence electrons. The number of anilines is 4. The van der Waals surface area contributed by atoms with Gasteiger partial charge < -0.3 is 0 Å². The number of rotatable bonds is 18. The Morgan fingerprint density at radius 1 is 0.528 bits per heavy atom. The summed E-state index contributed by atoms with van der Waals surface area (Å²) in [5, 5.41) is 3.76. The first kappa shape index (κ1) is 28.9. The summed E-state index contributed by atoms with van der Waals surface area (Å²) < 4.78 is 3.01. The molecule has 1 aliphatic heterocycles. The molecule has 3 nitrogen and oxygen atoms in total. The van der Waals surface area contributed by atoms with Crippen molar-refractivity contribution in [1.82, 2.24) is 0 Å². The molecule has 0 fully saturated rings. The summed E-state index contributed by atoms with van der Waals surface area (Å²) in [5.41, 5.74) is 5.46. The molecule has 36 heavy (non-hydrogen) atoms. The fourth-order valence-corrected chi connectivity index (χ4v) is 7.22. The SMILES string of the molecule is CCCCCN(CCCCC)c1ccc2c(c1)[Se+]c1cc(N(CCCCC)CCCCC)ccc1N2. The Hall–Kier alpha value is -1.64. The standard InChI is InChI=1S/C32H51N3Se/c1-5-9-13-21-34(22-14-10-6-2)27-17-19-29-31(25-27)36-32-26-28(18-20-30(32)33-29)35(23-15-11-7-3)24-16-12-8-4/h17-20,25-26,33H,5-16,21-24H2,1-4H3/q+1. The van der Waals surface area contributed by atoms with Gasteiger partial charge in [-0.15, -0.1) is 0 Å². The van der Waals surface area contributed by atoms with Crippen molar-refractivity contribution in [2.24, 2.45) is 0 Å². The molecular weight excluding hydrogens is 505 g/mol. The van der Waals surface area contributed by atoms with E-state index in [2.05, 4.69) is 79.2 Å². The number of fused-ring (bicyclic) bond motifs is 2. The first-order valence-electron chi connectivity index (χ1n) is 14.9. The van der Waals surface area contributed by atoms with Crippen LogP contribution >= 0.6 is 0 Å². The topological polar surface area (TPSA) is 18.5 Å². The molecule has 1 N–H and O–H groups in total. The van der Waals surface area contributed by atoms with Crippen molar-refractivity contribution in [3.63, 3.8) is 0 Å². The molecule has 2 aromatic rings. The number of nitrogens with zero attached hydrogens (tertiary/aromatic N) is 2. The van der Waals surface area contributed by atoms with Gasteiger partial charge >= 0.3 is 229 Å². The molecule has 0 aromatic heterocycles. The Labute approximate surface area is 228 Å². The van der Waals surface area contributed by atoms with E-state index in [1.54, 1.807) is 0 Å². The van der Waals surface area contributed by atoms with Crippen LogP contribution in [0.25, 0.3) is 0 Å². The molecular formula is C32H51N3Se+. The fourth-order valence-electron chi connectivity index (χ4n) is 5.01. The Kier molecular flexibility index (Phi) is 13.1. The van der Waals surface area contributed by atoms with E-state index in [1.807, 2.05) is 0 Å². The van der Waals surface area contributed by atoms with Crippen LogP contribution in [0.5, 0.6) is 0 Å². The molecule has 1 aliphatic rings. The van der Waals surface area contributed by atoms with Gasteiger partial charge in [-0.25, -0.2) is 0 Å². The summed E-state index contributed by atoms with van der Waals surface area (Å²) in [6.45, 7) is 13.9. The van der Waals surface area contributed by atoms with Crippen molar-refractivity contribution in [3.8, 4) is 0 Å². The van der Waals surface area contributed by atoms with Crippen LogP contribution in [0.2, 0.25) is 0 Å². The second-order valence-electron chi connectivity index (χ2n) is 10.4. The number of benzene rings is 2. The Balaban J connectivity index is 1.76. The number of unbranched alkanes of at least 4 members (excludes halogenated alkanes) is 8. The van der Waals surface area contributed by atoms with Gasteiger partial charge in [0.2, 0.25) is 0 Å². The molecule has 0 aliphatic carbocycles. The van der Waals surface area contributed by atoms with E-state index in [1.165, 1.54) is 135 Å². The van der Waals surface area contributed by atoms with Gasteiger partial charge in [0.15, 0.2) is 0 Å². The molecule has 3 rings (SSSR count). The van der Waals surface area contributed by atoms with Gasteiger partial charge in [0, 0.05) is 0 Å². The molecule has 0 atom stereocenters. The van der Waals surface area contributed by atoms with Gasteiger partial charge in [0.1, 0.15) is 0 Å². The molecule has 1 radical (unpaired) electrons. The fraction of sp³-hybridized carbons (Fsp3) is 0.625. The average molecular weight is 557 g/mol. The first-order chi connectivity index (χ1) is 17.7. The third-order valence-corrected chi connectivity index (χ3v) is 9.62. The molecule has 0 amide bonds. The van der Waals surface area contributed by atoms with E-state index >= 15 is 0 Å². The van der Waals surface area contributed by atoms with E-state index in [0.29, 0.717) is 15.0 Å². The van der Waals surface area contributed by atoms with Crippen LogP contribution in [0.1, 0.15) is 105 Å². The Morgan fingerprint density at radius 2 is 0.889 bits per heavy atom. The summed E-state index contributed by atoms with van der Waals surface area (Å²) in [5.74, 6) is 0. The second kappa shape index (κ2) is 16.3. The van der Waals surface area contributed by atoms with Crippen LogP contribution < -0.4 is 24.0 Å². The normalized spacial score (nSPS) is 12.1. The van der Waals surface area contributed by atoms with Gasteiger partial charge in [-0.1, -0.05) is 0 Å². The minimum atomic E-state index is 0.332. The van der Waals surface area contributed by atoms with Crippen LogP contribution in [0.15, 0.2) is 36.4 Å². The summed E-state index contributed by atoms with van der Waals surface area (Å²) in [6.07, 6.45) is 15.6. The molecule has 0 unspecified atom stereocenters. The monoisotopic (exact) mass is 557 g/mol. The van der Waals surface area contributed by atoms with Gasteiger partial charge in [-0.3, -0.25) is 0 Å². The van der Waals surface area contributed by atoms with E-state index in [0.717, 1.165) is 0 Å². The molecule has 1 heterocycles. The average Bonchev–Trinajstić information content (AvgIpc) is 2.90. The zero-order valence-corrected chi connectivity index (χ0v) is 25.3. The van der Waals surface area contributed by atoms with Gasteiger partial charge in [-0.05, 0) is 0 Å². The van der Waals surface area contributed by atoms with Crippen LogP contribution in [0.4, 0.5) is 22.7 Å². The molecule has 0 saturated carbocycles. The van der Waals surface area contributed by atoms with Crippen LogP contribution in [-0.2, 0) is 0 Å². The predicted octanol–water partition coefficient (Wildman–Crippen LogP) is 7.77. The number of hydrogen-bond acceptors (Lipinski definition) is 3. The van der Waals surface area contributed by atoms with Gasteiger partial charge in [0.25, 0.3) is 0 Å². The molecule has 0 spiro atoms. The minimum absolute atomic E-state index is 0.332. The van der Waals surface area contributed by atoms with Crippen molar-refractivity contribution < 1.29 is 0 Å². The van der Waals surface area contributed by atoms with E-state index < -0.39 is 0 Å². The quantitative estimate of drug-likeness (QED) is 0.128. The third-order valence-electron chi connectivity index (χ3n) is 7.28.